The second-order valence-corrected chi connectivity index (χ2v) is 11.7. The molecule has 0 radical (unpaired) electrons. The molecule has 0 saturated heterocycles. The molecule has 2 aromatic carbocycles. The molecule has 0 amide bonds. The minimum absolute atomic E-state index is 0.0578. The summed E-state index contributed by atoms with van der Waals surface area (Å²) in [4.78, 5) is 25.3. The summed E-state index contributed by atoms with van der Waals surface area (Å²) >= 11 is 13.1. The van der Waals surface area contributed by atoms with Gasteiger partial charge in [0.05, 0.1) is 15.3 Å². The summed E-state index contributed by atoms with van der Waals surface area (Å²) in [5, 5.41) is 0.712. The molecule has 0 aliphatic heterocycles. The lowest BCUT2D eigenvalue weighted by atomic mass is 10.0. The van der Waals surface area contributed by atoms with E-state index in [0.717, 1.165) is 16.9 Å². The summed E-state index contributed by atoms with van der Waals surface area (Å²) in [5.41, 5.74) is 2.58. The first kappa shape index (κ1) is 22.7. The lowest BCUT2D eigenvalue weighted by Gasteiger charge is -2.08. The number of benzene rings is 2. The quantitative estimate of drug-likeness (QED) is 0.333. The number of fused-ring (bicyclic) bond motifs is 1. The Bertz CT molecular complexity index is 1520. The maximum Gasteiger partial charge on any atom is 0.200 e. The Hall–Kier alpha value is -2.45. The number of hydrogen-bond donors (Lipinski definition) is 0. The van der Waals surface area contributed by atoms with Gasteiger partial charge in [0.15, 0.2) is 15.6 Å². The standard InChI is InChI=1S/C23H16Cl2O5S2/c1-13-2-4-17-20(8-13)30-11-18(23(17)27)16-5-3-14(10-19(16)24)9-15(26)12-32(28,29)22-7-6-21(25)31-22/h2-8,10-11H,9,12H2,1H3. The molecule has 5 nitrogen and oxygen atoms in total. The number of carbonyl (C=O) groups excluding carboxylic acids is 1. The predicted octanol–water partition coefficient (Wildman–Crippen LogP) is 5.72. The van der Waals surface area contributed by atoms with Gasteiger partial charge in [-0.15, -0.1) is 11.3 Å². The Morgan fingerprint density at radius 3 is 2.50 bits per heavy atom. The van der Waals surface area contributed by atoms with Crippen molar-refractivity contribution in [2.75, 3.05) is 5.75 Å². The Balaban J connectivity index is 1.57. The summed E-state index contributed by atoms with van der Waals surface area (Å²) in [5.74, 6) is -1.10. The van der Waals surface area contributed by atoms with E-state index >= 15 is 0 Å². The van der Waals surface area contributed by atoms with Crippen molar-refractivity contribution in [1.29, 1.82) is 0 Å². The van der Waals surface area contributed by atoms with Crippen LogP contribution in [0.1, 0.15) is 11.1 Å². The van der Waals surface area contributed by atoms with Gasteiger partial charge in [0.2, 0.25) is 5.43 Å². The highest BCUT2D eigenvalue weighted by Gasteiger charge is 2.22. The summed E-state index contributed by atoms with van der Waals surface area (Å²) in [7, 11) is -3.75. The molecular weight excluding hydrogens is 491 g/mol. The van der Waals surface area contributed by atoms with Crippen molar-refractivity contribution in [3.8, 4) is 11.1 Å². The molecule has 164 valence electrons. The highest BCUT2D eigenvalue weighted by molar-refractivity contribution is 7.94. The van der Waals surface area contributed by atoms with E-state index in [2.05, 4.69) is 0 Å². The zero-order valence-corrected chi connectivity index (χ0v) is 19.9. The van der Waals surface area contributed by atoms with E-state index in [9.17, 15) is 18.0 Å². The van der Waals surface area contributed by atoms with Crippen molar-refractivity contribution in [2.24, 2.45) is 0 Å². The lowest BCUT2D eigenvalue weighted by Crippen LogP contribution is -2.17. The number of aryl methyl sites for hydroxylation is 1. The van der Waals surface area contributed by atoms with E-state index in [-0.39, 0.29) is 21.1 Å². The van der Waals surface area contributed by atoms with Crippen LogP contribution >= 0.6 is 34.5 Å². The predicted molar refractivity (Wildman–Crippen MR) is 128 cm³/mol. The number of rotatable bonds is 6. The monoisotopic (exact) mass is 506 g/mol. The van der Waals surface area contributed by atoms with Gasteiger partial charge < -0.3 is 4.42 Å². The Morgan fingerprint density at radius 1 is 1.03 bits per heavy atom. The number of halogens is 2. The van der Waals surface area contributed by atoms with E-state index in [1.54, 1.807) is 30.3 Å². The number of Topliss-reactive ketones (excluding diaryl/α,β-unsaturated/α-hetero) is 1. The van der Waals surface area contributed by atoms with E-state index in [1.807, 2.05) is 13.0 Å². The molecule has 0 fully saturated rings. The van der Waals surface area contributed by atoms with Crippen LogP contribution in [0.15, 0.2) is 68.2 Å². The van der Waals surface area contributed by atoms with Crippen LogP contribution in [0.2, 0.25) is 9.36 Å². The lowest BCUT2D eigenvalue weighted by molar-refractivity contribution is -0.116. The molecule has 32 heavy (non-hydrogen) atoms. The van der Waals surface area contributed by atoms with E-state index in [4.69, 9.17) is 27.6 Å². The second-order valence-electron chi connectivity index (χ2n) is 7.33. The fourth-order valence-corrected chi connectivity index (χ4v) is 6.45. The van der Waals surface area contributed by atoms with Gasteiger partial charge in [-0.1, -0.05) is 41.4 Å². The fourth-order valence-electron chi connectivity index (χ4n) is 3.34. The number of carbonyl (C=O) groups is 1. The molecular formula is C23H16Cl2O5S2. The minimum Gasteiger partial charge on any atom is -0.463 e. The largest absolute Gasteiger partial charge is 0.463 e. The van der Waals surface area contributed by atoms with Gasteiger partial charge in [-0.3, -0.25) is 9.59 Å². The summed E-state index contributed by atoms with van der Waals surface area (Å²) in [6, 6.07) is 13.0. The highest BCUT2D eigenvalue weighted by atomic mass is 35.5. The van der Waals surface area contributed by atoms with E-state index < -0.39 is 21.4 Å². The highest BCUT2D eigenvalue weighted by Crippen LogP contribution is 2.29. The second kappa shape index (κ2) is 8.83. The van der Waals surface area contributed by atoms with Gasteiger partial charge in [-0.05, 0) is 48.4 Å². The third kappa shape index (κ3) is 4.66. The van der Waals surface area contributed by atoms with Crippen molar-refractivity contribution in [3.05, 3.63) is 85.5 Å². The Morgan fingerprint density at radius 2 is 1.81 bits per heavy atom. The molecule has 0 unspecified atom stereocenters. The van der Waals surface area contributed by atoms with Crippen LogP contribution < -0.4 is 5.43 Å². The van der Waals surface area contributed by atoms with Gasteiger partial charge in [0, 0.05) is 17.0 Å². The van der Waals surface area contributed by atoms with Crippen LogP contribution in [0.25, 0.3) is 22.1 Å². The maximum atomic E-state index is 12.9. The molecule has 0 aliphatic rings. The van der Waals surface area contributed by atoms with Crippen molar-refractivity contribution < 1.29 is 17.6 Å². The first-order chi connectivity index (χ1) is 15.1. The van der Waals surface area contributed by atoms with E-state index in [0.29, 0.717) is 32.0 Å². The number of sulfone groups is 1. The molecule has 0 spiro atoms. The number of thiophene rings is 1. The molecule has 0 bridgehead atoms. The van der Waals surface area contributed by atoms with Gasteiger partial charge in [0.1, 0.15) is 21.8 Å². The topological polar surface area (TPSA) is 81.4 Å². The Labute approximate surface area is 198 Å². The van der Waals surface area contributed by atoms with Gasteiger partial charge in [-0.25, -0.2) is 8.42 Å². The molecule has 0 saturated carbocycles. The van der Waals surface area contributed by atoms with Gasteiger partial charge in [-0.2, -0.15) is 0 Å². The van der Waals surface area contributed by atoms with E-state index in [1.165, 1.54) is 18.4 Å². The van der Waals surface area contributed by atoms with Crippen LogP contribution in [0, 0.1) is 6.92 Å². The molecule has 0 atom stereocenters. The van der Waals surface area contributed by atoms with Crippen LogP contribution in [-0.2, 0) is 21.1 Å². The summed E-state index contributed by atoms with van der Waals surface area (Å²) < 4.78 is 30.8. The molecule has 4 rings (SSSR count). The molecule has 4 aromatic rings. The molecule has 2 heterocycles. The summed E-state index contributed by atoms with van der Waals surface area (Å²) in [6.45, 7) is 1.91. The average molecular weight is 507 g/mol. The third-order valence-corrected chi connectivity index (χ3v) is 8.66. The molecule has 0 aliphatic carbocycles. The van der Waals surface area contributed by atoms with Crippen LogP contribution in [0.3, 0.4) is 0 Å². The fraction of sp³-hybridized carbons (Fsp3) is 0.130. The van der Waals surface area contributed by atoms with Crippen molar-refractivity contribution in [3.63, 3.8) is 0 Å². The molecule has 2 aromatic heterocycles. The zero-order chi connectivity index (χ0) is 23.0. The smallest absolute Gasteiger partial charge is 0.200 e. The number of ketones is 1. The van der Waals surface area contributed by atoms with Crippen LogP contribution in [0.5, 0.6) is 0 Å². The minimum atomic E-state index is -3.75. The van der Waals surface area contributed by atoms with Crippen molar-refractivity contribution >= 4 is 61.1 Å². The first-order valence-electron chi connectivity index (χ1n) is 9.45. The number of hydrogen-bond acceptors (Lipinski definition) is 6. The zero-order valence-electron chi connectivity index (χ0n) is 16.7. The van der Waals surface area contributed by atoms with Crippen LogP contribution in [-0.4, -0.2) is 20.0 Å². The maximum absolute atomic E-state index is 12.9. The third-order valence-electron chi connectivity index (χ3n) is 4.86. The van der Waals surface area contributed by atoms with Crippen molar-refractivity contribution in [1.82, 2.24) is 0 Å². The summed E-state index contributed by atoms with van der Waals surface area (Å²) in [6.07, 6.45) is 1.26. The normalized spacial score (nSPS) is 11.7. The first-order valence-corrected chi connectivity index (χ1v) is 12.7. The van der Waals surface area contributed by atoms with Gasteiger partial charge >= 0.3 is 0 Å². The average Bonchev–Trinajstić information content (AvgIpc) is 3.16. The Kier molecular flexibility index (Phi) is 6.27. The SMILES string of the molecule is Cc1ccc2c(=O)c(-c3ccc(CC(=O)CS(=O)(=O)c4ccc(Cl)s4)cc3Cl)coc2c1. The molecule has 9 heteroatoms. The van der Waals surface area contributed by atoms with Crippen molar-refractivity contribution in [2.45, 2.75) is 17.6 Å². The van der Waals surface area contributed by atoms with Gasteiger partial charge in [0.25, 0.3) is 0 Å². The molecule has 0 N–H and O–H groups in total. The van der Waals surface area contributed by atoms with Crippen LogP contribution in [0.4, 0.5) is 0 Å².